The van der Waals surface area contributed by atoms with Crippen LogP contribution in [0.15, 0.2) is 25.3 Å². The van der Waals surface area contributed by atoms with Crippen molar-refractivity contribution in [3.8, 4) is 0 Å². The molecular weight excluding hydrogens is 288 g/mol. The molecule has 1 fully saturated rings. The summed E-state index contributed by atoms with van der Waals surface area (Å²) in [5.74, 6) is -1.82. The number of carbonyl (C=O) groups excluding carboxylic acids is 2. The van der Waals surface area contributed by atoms with Crippen LogP contribution >= 0.6 is 0 Å². The molecule has 3 unspecified atom stereocenters. The maximum atomic E-state index is 11.5. The molecule has 1 aliphatic rings. The molecule has 1 saturated heterocycles. The monoisotopic (exact) mass is 312 g/mol. The molecule has 0 aromatic heterocycles. The van der Waals surface area contributed by atoms with Crippen LogP contribution in [0, 0.1) is 0 Å². The van der Waals surface area contributed by atoms with Crippen LogP contribution in [0.4, 0.5) is 0 Å². The summed E-state index contributed by atoms with van der Waals surface area (Å²) in [6.07, 6.45) is 0.862. The second-order valence-corrected chi connectivity index (χ2v) is 5.55. The molecule has 124 valence electrons. The van der Waals surface area contributed by atoms with E-state index in [0.29, 0.717) is 6.42 Å². The van der Waals surface area contributed by atoms with E-state index in [-0.39, 0.29) is 0 Å². The number of carbonyl (C=O) groups is 2. The van der Waals surface area contributed by atoms with Gasteiger partial charge in [-0.2, -0.15) is 0 Å². The Labute approximate surface area is 131 Å². The maximum Gasteiger partial charge on any atom is 0.303 e. The third kappa shape index (κ3) is 4.96. The van der Waals surface area contributed by atoms with E-state index >= 15 is 0 Å². The summed E-state index contributed by atoms with van der Waals surface area (Å²) in [5, 5.41) is 0. The van der Waals surface area contributed by atoms with E-state index in [1.165, 1.54) is 13.8 Å². The summed E-state index contributed by atoms with van der Waals surface area (Å²) in [5.41, 5.74) is 0. The lowest BCUT2D eigenvalue weighted by Crippen LogP contribution is -2.47. The lowest BCUT2D eigenvalue weighted by atomic mass is 10.00. The van der Waals surface area contributed by atoms with E-state index in [9.17, 15) is 9.59 Å². The smallest absolute Gasteiger partial charge is 0.303 e. The average molecular weight is 312 g/mol. The van der Waals surface area contributed by atoms with Gasteiger partial charge < -0.3 is 18.9 Å². The Hall–Kier alpha value is -1.66. The van der Waals surface area contributed by atoms with Crippen LogP contribution in [-0.2, 0) is 28.5 Å². The quantitative estimate of drug-likeness (QED) is 0.530. The van der Waals surface area contributed by atoms with Crippen LogP contribution in [-0.4, -0.2) is 42.1 Å². The minimum Gasteiger partial charge on any atom is -0.458 e. The lowest BCUT2D eigenvalue weighted by molar-refractivity contribution is -0.188. The Bertz CT molecular complexity index is 442. The van der Waals surface area contributed by atoms with Crippen molar-refractivity contribution in [1.29, 1.82) is 0 Å². The van der Waals surface area contributed by atoms with Crippen LogP contribution in [0.3, 0.4) is 0 Å². The summed E-state index contributed by atoms with van der Waals surface area (Å²) in [7, 11) is 0. The van der Waals surface area contributed by atoms with Crippen LogP contribution in [0.25, 0.3) is 0 Å². The molecule has 0 aliphatic carbocycles. The third-order valence-electron chi connectivity index (χ3n) is 3.10. The Morgan fingerprint density at radius 3 is 2.23 bits per heavy atom. The normalized spacial score (nSPS) is 25.8. The zero-order chi connectivity index (χ0) is 16.9. The van der Waals surface area contributed by atoms with E-state index in [0.717, 1.165) is 0 Å². The van der Waals surface area contributed by atoms with E-state index in [2.05, 4.69) is 13.2 Å². The molecule has 1 rings (SSSR count). The number of ether oxygens (including phenoxy) is 4. The van der Waals surface area contributed by atoms with Crippen molar-refractivity contribution in [2.75, 3.05) is 0 Å². The molecule has 0 spiro atoms. The average Bonchev–Trinajstić information content (AvgIpc) is 2.70. The first kappa shape index (κ1) is 18.4. The molecule has 0 bridgehead atoms. The predicted molar refractivity (Wildman–Crippen MR) is 79.9 cm³/mol. The second kappa shape index (κ2) is 7.56. The molecule has 4 atom stereocenters. The van der Waals surface area contributed by atoms with Crippen LogP contribution < -0.4 is 0 Å². The highest BCUT2D eigenvalue weighted by Crippen LogP contribution is 2.33. The lowest BCUT2D eigenvalue weighted by Gasteiger charge is -2.31. The largest absolute Gasteiger partial charge is 0.458 e. The minimum absolute atomic E-state index is 0.321. The van der Waals surface area contributed by atoms with Crippen molar-refractivity contribution >= 4 is 11.9 Å². The Morgan fingerprint density at radius 1 is 1.18 bits per heavy atom. The van der Waals surface area contributed by atoms with E-state index in [1.807, 2.05) is 0 Å². The summed E-state index contributed by atoms with van der Waals surface area (Å²) in [6.45, 7) is 13.4. The SMILES string of the molecule is C=CCC(OC(C)=O)C(OC(C)=O)C1OC(C)(C)O[C@H]1C=C. The standard InChI is InChI=1S/C16H24O6/c1-7-9-13(19-10(3)17)14(20-11(4)18)15-12(8-2)21-16(5,6)22-15/h7-8,12-15H,1-2,9H2,3-6H3/t12-,13?,14?,15?/m0/s1. The third-order valence-corrected chi connectivity index (χ3v) is 3.10. The van der Waals surface area contributed by atoms with Gasteiger partial charge in [0.1, 0.15) is 18.3 Å². The number of rotatable bonds is 7. The molecule has 6 heteroatoms. The van der Waals surface area contributed by atoms with Crippen LogP contribution in [0.5, 0.6) is 0 Å². The summed E-state index contributed by atoms with van der Waals surface area (Å²) in [6, 6.07) is 0. The molecule has 0 aromatic rings. The van der Waals surface area contributed by atoms with Crippen molar-refractivity contribution in [3.05, 3.63) is 25.3 Å². The van der Waals surface area contributed by atoms with Gasteiger partial charge in [0.05, 0.1) is 0 Å². The van der Waals surface area contributed by atoms with Crippen molar-refractivity contribution in [2.24, 2.45) is 0 Å². The van der Waals surface area contributed by atoms with Gasteiger partial charge in [0.25, 0.3) is 0 Å². The van der Waals surface area contributed by atoms with Gasteiger partial charge in [-0.3, -0.25) is 9.59 Å². The Kier molecular flexibility index (Phi) is 6.32. The molecule has 0 aromatic carbocycles. The first-order valence-corrected chi connectivity index (χ1v) is 7.13. The topological polar surface area (TPSA) is 71.1 Å². The number of hydrogen-bond acceptors (Lipinski definition) is 6. The summed E-state index contributed by atoms with van der Waals surface area (Å²) >= 11 is 0. The molecule has 22 heavy (non-hydrogen) atoms. The van der Waals surface area contributed by atoms with Gasteiger partial charge in [0.15, 0.2) is 11.9 Å². The van der Waals surface area contributed by atoms with Gasteiger partial charge in [-0.15, -0.1) is 13.2 Å². The van der Waals surface area contributed by atoms with Gasteiger partial charge in [0.2, 0.25) is 0 Å². The van der Waals surface area contributed by atoms with Crippen LogP contribution in [0.1, 0.15) is 34.1 Å². The molecule has 0 radical (unpaired) electrons. The zero-order valence-corrected chi connectivity index (χ0v) is 13.5. The first-order chi connectivity index (χ1) is 10.2. The molecular formula is C16H24O6. The maximum absolute atomic E-state index is 11.5. The molecule has 1 aliphatic heterocycles. The highest BCUT2D eigenvalue weighted by molar-refractivity contribution is 5.67. The number of hydrogen-bond donors (Lipinski definition) is 0. The van der Waals surface area contributed by atoms with Crippen molar-refractivity contribution < 1.29 is 28.5 Å². The Morgan fingerprint density at radius 2 is 1.77 bits per heavy atom. The van der Waals surface area contributed by atoms with Crippen molar-refractivity contribution in [1.82, 2.24) is 0 Å². The van der Waals surface area contributed by atoms with E-state index < -0.39 is 42.1 Å². The van der Waals surface area contributed by atoms with Gasteiger partial charge in [-0.1, -0.05) is 12.2 Å². The van der Waals surface area contributed by atoms with Crippen LogP contribution in [0.2, 0.25) is 0 Å². The highest BCUT2D eigenvalue weighted by Gasteiger charge is 2.48. The van der Waals surface area contributed by atoms with Gasteiger partial charge in [0, 0.05) is 20.3 Å². The minimum atomic E-state index is -0.850. The summed E-state index contributed by atoms with van der Waals surface area (Å²) in [4.78, 5) is 22.8. The molecule has 6 nitrogen and oxygen atoms in total. The van der Waals surface area contributed by atoms with E-state index in [1.54, 1.807) is 26.0 Å². The fraction of sp³-hybridized carbons (Fsp3) is 0.625. The molecule has 0 amide bonds. The number of esters is 2. The second-order valence-electron chi connectivity index (χ2n) is 5.55. The highest BCUT2D eigenvalue weighted by atomic mass is 16.8. The fourth-order valence-electron chi connectivity index (χ4n) is 2.43. The molecule has 0 N–H and O–H groups in total. The fourth-order valence-corrected chi connectivity index (χ4v) is 2.43. The predicted octanol–water partition coefficient (Wildman–Crippen LogP) is 2.13. The molecule has 1 heterocycles. The van der Waals surface area contributed by atoms with Gasteiger partial charge in [-0.05, 0) is 13.8 Å². The Balaban J connectivity index is 3.08. The zero-order valence-electron chi connectivity index (χ0n) is 13.5. The van der Waals surface area contributed by atoms with Gasteiger partial charge >= 0.3 is 11.9 Å². The molecule has 0 saturated carbocycles. The van der Waals surface area contributed by atoms with Gasteiger partial charge in [-0.25, -0.2) is 0 Å². The summed E-state index contributed by atoms with van der Waals surface area (Å²) < 4.78 is 22.2. The van der Waals surface area contributed by atoms with Crippen molar-refractivity contribution in [3.63, 3.8) is 0 Å². The van der Waals surface area contributed by atoms with Crippen molar-refractivity contribution in [2.45, 2.75) is 64.3 Å². The first-order valence-electron chi connectivity index (χ1n) is 7.13. The van der Waals surface area contributed by atoms with E-state index in [4.69, 9.17) is 18.9 Å².